The van der Waals surface area contributed by atoms with Crippen LogP contribution in [0, 0.1) is 17.3 Å². The molecule has 1 rings (SSSR count). The molecule has 0 fully saturated rings. The van der Waals surface area contributed by atoms with Crippen LogP contribution in [0.15, 0.2) is 18.3 Å². The normalized spacial score (nSPS) is 10.5. The standard InChI is InChI=1S/C15H21N3O/c1-4-15(2,3)11-18-14(19)13-8-7-12(10-17-13)6-5-9-16/h7-8,10H,4,9,11,16H2,1-3H3,(H,18,19). The summed E-state index contributed by atoms with van der Waals surface area (Å²) in [6.45, 7) is 7.29. The maximum Gasteiger partial charge on any atom is 0.269 e. The summed E-state index contributed by atoms with van der Waals surface area (Å²) in [7, 11) is 0. The number of nitrogens with two attached hydrogens (primary N) is 1. The van der Waals surface area contributed by atoms with Crippen molar-refractivity contribution in [3.8, 4) is 11.8 Å². The topological polar surface area (TPSA) is 68.0 Å². The van der Waals surface area contributed by atoms with Gasteiger partial charge in [0.15, 0.2) is 0 Å². The zero-order valence-corrected chi connectivity index (χ0v) is 11.8. The van der Waals surface area contributed by atoms with Gasteiger partial charge in [-0.25, -0.2) is 4.98 Å². The summed E-state index contributed by atoms with van der Waals surface area (Å²) in [6.07, 6.45) is 2.59. The number of amides is 1. The number of rotatable bonds is 4. The van der Waals surface area contributed by atoms with Crippen LogP contribution in [0.1, 0.15) is 43.2 Å². The van der Waals surface area contributed by atoms with E-state index in [1.54, 1.807) is 18.3 Å². The van der Waals surface area contributed by atoms with E-state index in [4.69, 9.17) is 5.73 Å². The number of nitrogens with zero attached hydrogens (tertiary/aromatic N) is 1. The highest BCUT2D eigenvalue weighted by atomic mass is 16.1. The van der Waals surface area contributed by atoms with E-state index < -0.39 is 0 Å². The van der Waals surface area contributed by atoms with Crippen LogP contribution in [0.4, 0.5) is 0 Å². The minimum atomic E-state index is -0.153. The van der Waals surface area contributed by atoms with E-state index in [1.807, 2.05) is 0 Å². The Bertz CT molecular complexity index is 480. The molecule has 1 amide bonds. The third kappa shape index (κ3) is 5.11. The number of hydrogen-bond acceptors (Lipinski definition) is 3. The molecule has 0 aliphatic carbocycles. The van der Waals surface area contributed by atoms with Gasteiger partial charge in [0.05, 0.1) is 6.54 Å². The molecule has 3 N–H and O–H groups in total. The molecule has 0 aromatic carbocycles. The number of carbonyl (C=O) groups is 1. The third-order valence-electron chi connectivity index (χ3n) is 3.02. The summed E-state index contributed by atoms with van der Waals surface area (Å²) < 4.78 is 0. The number of pyridine rings is 1. The monoisotopic (exact) mass is 259 g/mol. The van der Waals surface area contributed by atoms with Crippen LogP contribution in [0.25, 0.3) is 0 Å². The fourth-order valence-electron chi connectivity index (χ4n) is 1.29. The van der Waals surface area contributed by atoms with Crippen molar-refractivity contribution in [2.24, 2.45) is 11.1 Å². The number of nitrogens with one attached hydrogen (secondary N) is 1. The molecule has 0 aliphatic rings. The third-order valence-corrected chi connectivity index (χ3v) is 3.02. The van der Waals surface area contributed by atoms with Gasteiger partial charge >= 0.3 is 0 Å². The minimum absolute atomic E-state index is 0.0994. The highest BCUT2D eigenvalue weighted by Gasteiger charge is 2.17. The van der Waals surface area contributed by atoms with Gasteiger partial charge in [-0.05, 0) is 24.0 Å². The minimum Gasteiger partial charge on any atom is -0.350 e. The Hall–Kier alpha value is -1.86. The van der Waals surface area contributed by atoms with Crippen LogP contribution in [0.2, 0.25) is 0 Å². The van der Waals surface area contributed by atoms with E-state index in [1.165, 1.54) is 0 Å². The van der Waals surface area contributed by atoms with E-state index >= 15 is 0 Å². The SMILES string of the molecule is CCC(C)(C)CNC(=O)c1ccc(C#CCN)cn1. The molecule has 0 unspecified atom stereocenters. The smallest absolute Gasteiger partial charge is 0.269 e. The molecule has 4 heteroatoms. The summed E-state index contributed by atoms with van der Waals surface area (Å²) >= 11 is 0. The van der Waals surface area contributed by atoms with Crippen LogP contribution >= 0.6 is 0 Å². The summed E-state index contributed by atoms with van der Waals surface area (Å²) in [5.41, 5.74) is 6.56. The van der Waals surface area contributed by atoms with Gasteiger partial charge in [-0.3, -0.25) is 4.79 Å². The largest absolute Gasteiger partial charge is 0.350 e. The van der Waals surface area contributed by atoms with Gasteiger partial charge in [-0.1, -0.05) is 32.6 Å². The van der Waals surface area contributed by atoms with Crippen molar-refractivity contribution in [3.63, 3.8) is 0 Å². The molecule has 4 nitrogen and oxygen atoms in total. The van der Waals surface area contributed by atoms with Crippen molar-refractivity contribution < 1.29 is 4.79 Å². The van der Waals surface area contributed by atoms with Crippen LogP contribution in [-0.2, 0) is 0 Å². The maximum absolute atomic E-state index is 11.9. The Balaban J connectivity index is 2.63. The average molecular weight is 259 g/mol. The van der Waals surface area contributed by atoms with Gasteiger partial charge in [0.2, 0.25) is 0 Å². The highest BCUT2D eigenvalue weighted by molar-refractivity contribution is 5.92. The molecular formula is C15H21N3O. The molecule has 0 spiro atoms. The lowest BCUT2D eigenvalue weighted by molar-refractivity contribution is 0.0930. The first kappa shape index (κ1) is 15.2. The Labute approximate surface area is 114 Å². The maximum atomic E-state index is 11.9. The number of hydrogen-bond donors (Lipinski definition) is 2. The Kier molecular flexibility index (Phi) is 5.53. The zero-order valence-electron chi connectivity index (χ0n) is 11.8. The molecule has 0 atom stereocenters. The van der Waals surface area contributed by atoms with Gasteiger partial charge in [-0.15, -0.1) is 0 Å². The lowest BCUT2D eigenvalue weighted by atomic mass is 9.90. The van der Waals surface area contributed by atoms with Gasteiger partial charge in [0, 0.05) is 18.3 Å². The van der Waals surface area contributed by atoms with Crippen molar-refractivity contribution in [3.05, 3.63) is 29.6 Å². The van der Waals surface area contributed by atoms with Gasteiger partial charge < -0.3 is 11.1 Å². The van der Waals surface area contributed by atoms with Gasteiger partial charge in [-0.2, -0.15) is 0 Å². The first-order chi connectivity index (χ1) is 8.98. The second kappa shape index (κ2) is 6.91. The van der Waals surface area contributed by atoms with E-state index in [9.17, 15) is 4.79 Å². The molecule has 0 saturated heterocycles. The van der Waals surface area contributed by atoms with E-state index in [0.717, 1.165) is 12.0 Å². The first-order valence-corrected chi connectivity index (χ1v) is 6.41. The Morgan fingerprint density at radius 2 is 2.21 bits per heavy atom. The average Bonchev–Trinajstić information content (AvgIpc) is 2.43. The highest BCUT2D eigenvalue weighted by Crippen LogP contribution is 2.17. The van der Waals surface area contributed by atoms with E-state index in [2.05, 4.69) is 42.9 Å². The second-order valence-electron chi connectivity index (χ2n) is 5.14. The number of carbonyl (C=O) groups excluding carboxylic acids is 1. The molecule has 0 radical (unpaired) electrons. The molecule has 0 aliphatic heterocycles. The van der Waals surface area contributed by atoms with Crippen molar-refractivity contribution >= 4 is 5.91 Å². The van der Waals surface area contributed by atoms with Gasteiger partial charge in [0.1, 0.15) is 5.69 Å². The molecule has 1 aromatic heterocycles. The van der Waals surface area contributed by atoms with E-state index in [-0.39, 0.29) is 11.3 Å². The lowest BCUT2D eigenvalue weighted by Crippen LogP contribution is -2.34. The predicted octanol–water partition coefficient (Wildman–Crippen LogP) is 1.56. The lowest BCUT2D eigenvalue weighted by Gasteiger charge is -2.22. The van der Waals surface area contributed by atoms with Crippen LogP contribution in [0.3, 0.4) is 0 Å². The Morgan fingerprint density at radius 1 is 1.47 bits per heavy atom. The molecular weight excluding hydrogens is 238 g/mol. The van der Waals surface area contributed by atoms with Crippen molar-refractivity contribution in [1.82, 2.24) is 10.3 Å². The van der Waals surface area contributed by atoms with Crippen LogP contribution in [-0.4, -0.2) is 24.0 Å². The van der Waals surface area contributed by atoms with E-state index in [0.29, 0.717) is 18.8 Å². The molecule has 1 heterocycles. The van der Waals surface area contributed by atoms with Crippen molar-refractivity contribution in [2.45, 2.75) is 27.2 Å². The van der Waals surface area contributed by atoms with Crippen molar-refractivity contribution in [1.29, 1.82) is 0 Å². The Morgan fingerprint density at radius 3 is 2.74 bits per heavy atom. The fourth-order valence-corrected chi connectivity index (χ4v) is 1.29. The van der Waals surface area contributed by atoms with Gasteiger partial charge in [0.25, 0.3) is 5.91 Å². The molecule has 0 bridgehead atoms. The summed E-state index contributed by atoms with van der Waals surface area (Å²) in [5, 5.41) is 2.90. The predicted molar refractivity (Wildman–Crippen MR) is 76.6 cm³/mol. The van der Waals surface area contributed by atoms with Crippen LogP contribution in [0.5, 0.6) is 0 Å². The molecule has 102 valence electrons. The number of aromatic nitrogens is 1. The quantitative estimate of drug-likeness (QED) is 0.806. The molecule has 1 aromatic rings. The first-order valence-electron chi connectivity index (χ1n) is 6.41. The second-order valence-corrected chi connectivity index (χ2v) is 5.14. The fraction of sp³-hybridized carbons (Fsp3) is 0.467. The molecule has 0 saturated carbocycles. The zero-order chi connectivity index (χ0) is 14.3. The summed E-state index contributed by atoms with van der Waals surface area (Å²) in [6, 6.07) is 3.45. The van der Waals surface area contributed by atoms with Crippen LogP contribution < -0.4 is 11.1 Å². The summed E-state index contributed by atoms with van der Waals surface area (Å²) in [4.78, 5) is 16.0. The summed E-state index contributed by atoms with van der Waals surface area (Å²) in [5.74, 6) is 5.46. The van der Waals surface area contributed by atoms with Crippen molar-refractivity contribution in [2.75, 3.05) is 13.1 Å². The molecule has 19 heavy (non-hydrogen) atoms.